The molecule has 4 heteroatoms. The van der Waals surface area contributed by atoms with E-state index in [9.17, 15) is 0 Å². The van der Waals surface area contributed by atoms with Crippen molar-refractivity contribution in [2.24, 2.45) is 0 Å². The topological polar surface area (TPSA) is 57.4 Å². The fourth-order valence-corrected chi connectivity index (χ4v) is 1.79. The van der Waals surface area contributed by atoms with Crippen molar-refractivity contribution in [2.45, 2.75) is 20.5 Å². The molecule has 0 aliphatic heterocycles. The monoisotopic (exact) mass is 258 g/mol. The molecule has 0 unspecified atom stereocenters. The lowest BCUT2D eigenvalue weighted by atomic mass is 10.2. The number of rotatable bonds is 4. The summed E-state index contributed by atoms with van der Waals surface area (Å²) in [6.07, 6.45) is 0. The largest absolute Gasteiger partial charge is 0.497 e. The fraction of sp³-hybridized carbons (Fsp3) is 0.267. The Balaban J connectivity index is 2.09. The van der Waals surface area contributed by atoms with Gasteiger partial charge in [0.2, 0.25) is 0 Å². The van der Waals surface area contributed by atoms with Crippen molar-refractivity contribution in [3.8, 4) is 11.5 Å². The first-order valence-corrected chi connectivity index (χ1v) is 6.09. The number of anilines is 1. The van der Waals surface area contributed by atoms with E-state index < -0.39 is 0 Å². The molecule has 0 aliphatic carbocycles. The van der Waals surface area contributed by atoms with Crippen LogP contribution in [0.25, 0.3) is 0 Å². The number of hydrogen-bond donors (Lipinski definition) is 1. The number of nitrogens with two attached hydrogens (primary N) is 1. The molecule has 4 nitrogen and oxygen atoms in total. The van der Waals surface area contributed by atoms with Gasteiger partial charge in [-0.25, -0.2) is 0 Å². The van der Waals surface area contributed by atoms with Crippen LogP contribution in [0.2, 0.25) is 0 Å². The minimum atomic E-state index is 0.404. The molecular weight excluding hydrogens is 240 g/mol. The van der Waals surface area contributed by atoms with Crippen LogP contribution in [0.3, 0.4) is 0 Å². The summed E-state index contributed by atoms with van der Waals surface area (Å²) in [6, 6.07) is 9.38. The Morgan fingerprint density at radius 2 is 1.89 bits per heavy atom. The quantitative estimate of drug-likeness (QED) is 0.857. The van der Waals surface area contributed by atoms with E-state index in [0.29, 0.717) is 6.61 Å². The van der Waals surface area contributed by atoms with Crippen LogP contribution in [0.5, 0.6) is 11.5 Å². The number of hydrogen-bond acceptors (Lipinski definition) is 4. The van der Waals surface area contributed by atoms with Gasteiger partial charge < -0.3 is 15.2 Å². The van der Waals surface area contributed by atoms with E-state index in [0.717, 1.165) is 34.1 Å². The van der Waals surface area contributed by atoms with Gasteiger partial charge >= 0.3 is 0 Å². The zero-order valence-corrected chi connectivity index (χ0v) is 11.4. The molecule has 0 bridgehead atoms. The Labute approximate surface area is 113 Å². The molecule has 1 aromatic carbocycles. The van der Waals surface area contributed by atoms with E-state index in [1.54, 1.807) is 7.11 Å². The van der Waals surface area contributed by atoms with Gasteiger partial charge in [0.15, 0.2) is 0 Å². The highest BCUT2D eigenvalue weighted by Gasteiger charge is 2.03. The predicted molar refractivity (Wildman–Crippen MR) is 75.4 cm³/mol. The number of pyridine rings is 1. The van der Waals surface area contributed by atoms with Gasteiger partial charge in [-0.15, -0.1) is 0 Å². The highest BCUT2D eigenvalue weighted by molar-refractivity contribution is 5.49. The van der Waals surface area contributed by atoms with Crippen molar-refractivity contribution in [1.29, 1.82) is 0 Å². The van der Waals surface area contributed by atoms with Crippen LogP contribution in [0.15, 0.2) is 30.3 Å². The number of aryl methyl sites for hydroxylation is 2. The van der Waals surface area contributed by atoms with E-state index in [1.165, 1.54) is 0 Å². The number of ether oxygens (including phenoxy) is 2. The van der Waals surface area contributed by atoms with Crippen LogP contribution in [-0.2, 0) is 6.61 Å². The van der Waals surface area contributed by atoms with E-state index in [-0.39, 0.29) is 0 Å². The van der Waals surface area contributed by atoms with Gasteiger partial charge in [-0.3, -0.25) is 4.98 Å². The third-order valence-corrected chi connectivity index (χ3v) is 2.84. The normalized spacial score (nSPS) is 10.3. The van der Waals surface area contributed by atoms with Crippen molar-refractivity contribution in [3.63, 3.8) is 0 Å². The maximum Gasteiger partial charge on any atom is 0.130 e. The number of nitrogen functional groups attached to an aromatic ring is 1. The van der Waals surface area contributed by atoms with Crippen LogP contribution in [-0.4, -0.2) is 12.1 Å². The molecule has 0 amide bonds. The molecule has 19 heavy (non-hydrogen) atoms. The molecule has 0 radical (unpaired) electrons. The maximum atomic E-state index is 5.77. The minimum Gasteiger partial charge on any atom is -0.497 e. The molecule has 0 saturated carbocycles. The Morgan fingerprint density at radius 1 is 1.11 bits per heavy atom. The molecule has 0 saturated heterocycles. The Bertz CT molecular complexity index is 582. The summed E-state index contributed by atoms with van der Waals surface area (Å²) in [6.45, 7) is 4.29. The van der Waals surface area contributed by atoms with Crippen LogP contribution in [0.4, 0.5) is 5.69 Å². The second kappa shape index (κ2) is 5.61. The minimum absolute atomic E-state index is 0.404. The standard InChI is InChI=1S/C15H18N2O2/c1-10-6-13(4-5-15(10)16)19-9-12-8-14(18-3)7-11(2)17-12/h4-8H,9,16H2,1-3H3. The van der Waals surface area contributed by atoms with Crippen LogP contribution >= 0.6 is 0 Å². The third kappa shape index (κ3) is 3.37. The Kier molecular flexibility index (Phi) is 3.90. The van der Waals surface area contributed by atoms with Crippen molar-refractivity contribution in [2.75, 3.05) is 12.8 Å². The zero-order chi connectivity index (χ0) is 13.8. The van der Waals surface area contributed by atoms with Gasteiger partial charge in [-0.1, -0.05) is 0 Å². The lowest BCUT2D eigenvalue weighted by Crippen LogP contribution is -2.01. The SMILES string of the molecule is COc1cc(C)nc(COc2ccc(N)c(C)c2)c1. The van der Waals surface area contributed by atoms with E-state index in [4.69, 9.17) is 15.2 Å². The second-order valence-electron chi connectivity index (χ2n) is 4.45. The first-order chi connectivity index (χ1) is 9.08. The molecule has 1 heterocycles. The summed E-state index contributed by atoms with van der Waals surface area (Å²) in [5, 5.41) is 0. The number of methoxy groups -OCH3 is 1. The van der Waals surface area contributed by atoms with Crippen molar-refractivity contribution in [1.82, 2.24) is 4.98 Å². The molecule has 0 spiro atoms. The summed E-state index contributed by atoms with van der Waals surface area (Å²) < 4.78 is 10.9. The van der Waals surface area contributed by atoms with Crippen molar-refractivity contribution < 1.29 is 9.47 Å². The molecule has 2 N–H and O–H groups in total. The Morgan fingerprint density at radius 3 is 2.58 bits per heavy atom. The molecule has 0 fully saturated rings. The molecule has 2 rings (SSSR count). The van der Waals surface area contributed by atoms with Gasteiger partial charge in [0.1, 0.15) is 18.1 Å². The van der Waals surface area contributed by atoms with Crippen LogP contribution in [0, 0.1) is 13.8 Å². The van der Waals surface area contributed by atoms with Crippen LogP contribution < -0.4 is 15.2 Å². The summed E-state index contributed by atoms with van der Waals surface area (Å²) >= 11 is 0. The first-order valence-electron chi connectivity index (χ1n) is 6.09. The van der Waals surface area contributed by atoms with Gasteiger partial charge in [0.25, 0.3) is 0 Å². The lowest BCUT2D eigenvalue weighted by molar-refractivity contribution is 0.299. The van der Waals surface area contributed by atoms with Crippen LogP contribution in [0.1, 0.15) is 17.0 Å². The highest BCUT2D eigenvalue weighted by atomic mass is 16.5. The highest BCUT2D eigenvalue weighted by Crippen LogP contribution is 2.20. The second-order valence-corrected chi connectivity index (χ2v) is 4.45. The van der Waals surface area contributed by atoms with Gasteiger partial charge in [-0.2, -0.15) is 0 Å². The van der Waals surface area contributed by atoms with E-state index in [2.05, 4.69) is 4.98 Å². The van der Waals surface area contributed by atoms with Gasteiger partial charge in [0.05, 0.1) is 12.8 Å². The van der Waals surface area contributed by atoms with E-state index in [1.807, 2.05) is 44.2 Å². The third-order valence-electron chi connectivity index (χ3n) is 2.84. The predicted octanol–water partition coefficient (Wildman–Crippen LogP) is 2.87. The molecule has 2 aromatic rings. The molecule has 0 atom stereocenters. The lowest BCUT2D eigenvalue weighted by Gasteiger charge is -2.09. The average Bonchev–Trinajstić information content (AvgIpc) is 2.39. The number of benzene rings is 1. The van der Waals surface area contributed by atoms with Gasteiger partial charge in [-0.05, 0) is 37.6 Å². The number of nitrogens with zero attached hydrogens (tertiary/aromatic N) is 1. The molecule has 100 valence electrons. The summed E-state index contributed by atoms with van der Waals surface area (Å²) in [5.74, 6) is 1.58. The molecule has 0 aliphatic rings. The summed E-state index contributed by atoms with van der Waals surface area (Å²) in [5.41, 5.74) is 9.29. The summed E-state index contributed by atoms with van der Waals surface area (Å²) in [7, 11) is 1.64. The average molecular weight is 258 g/mol. The molecule has 1 aromatic heterocycles. The van der Waals surface area contributed by atoms with Crippen molar-refractivity contribution >= 4 is 5.69 Å². The summed E-state index contributed by atoms with van der Waals surface area (Å²) in [4.78, 5) is 4.41. The maximum absolute atomic E-state index is 5.77. The van der Waals surface area contributed by atoms with Gasteiger partial charge in [0, 0.05) is 23.5 Å². The fourth-order valence-electron chi connectivity index (χ4n) is 1.79. The first kappa shape index (κ1) is 13.2. The molecular formula is C15H18N2O2. The van der Waals surface area contributed by atoms with E-state index >= 15 is 0 Å². The smallest absolute Gasteiger partial charge is 0.130 e. The Hall–Kier alpha value is -2.23. The zero-order valence-electron chi connectivity index (χ0n) is 11.4. The van der Waals surface area contributed by atoms with Crippen molar-refractivity contribution in [3.05, 3.63) is 47.3 Å². The number of aromatic nitrogens is 1.